The monoisotopic (exact) mass is 696 g/mol. The summed E-state index contributed by atoms with van der Waals surface area (Å²) in [5, 5.41) is 2.51. The van der Waals surface area contributed by atoms with Gasteiger partial charge in [0, 0.05) is 54.0 Å². The molecule has 2 fully saturated rings. The van der Waals surface area contributed by atoms with E-state index < -0.39 is 5.60 Å². The Morgan fingerprint density at radius 3 is 2.45 bits per heavy atom. The van der Waals surface area contributed by atoms with Gasteiger partial charge >= 0.3 is 6.09 Å². The fraction of sp³-hybridized carbons (Fsp3) is 0.405. The topological polar surface area (TPSA) is 111 Å². The third-order valence-corrected chi connectivity index (χ3v) is 10.9. The summed E-state index contributed by atoms with van der Waals surface area (Å²) in [4.78, 5) is 49.1. The normalized spacial score (nSPS) is 16.7. The first kappa shape index (κ1) is 32.0. The van der Waals surface area contributed by atoms with Crippen LogP contribution >= 0.6 is 22.9 Å². The van der Waals surface area contributed by atoms with Gasteiger partial charge in [-0.25, -0.2) is 24.7 Å². The number of ether oxygens (including phenoxy) is 2. The molecule has 252 valence electrons. The Hall–Kier alpha value is -4.19. The van der Waals surface area contributed by atoms with Crippen LogP contribution in [0.4, 0.5) is 10.5 Å². The smallest absolute Gasteiger partial charge is 0.410 e. The zero-order valence-corrected chi connectivity index (χ0v) is 29.3. The van der Waals surface area contributed by atoms with Gasteiger partial charge in [0.2, 0.25) is 0 Å². The molecule has 0 bridgehead atoms. The van der Waals surface area contributed by atoms with Gasteiger partial charge in [-0.2, -0.15) is 0 Å². The molecule has 2 amide bonds. The van der Waals surface area contributed by atoms with Gasteiger partial charge in [0.25, 0.3) is 5.91 Å². The highest BCUT2D eigenvalue weighted by atomic mass is 35.5. The highest BCUT2D eigenvalue weighted by Gasteiger charge is 2.30. The number of fused-ring (bicyclic) bond motifs is 4. The summed E-state index contributed by atoms with van der Waals surface area (Å²) >= 11 is 8.21. The van der Waals surface area contributed by atoms with Crippen LogP contribution < -0.4 is 4.90 Å². The number of halogens is 1. The third kappa shape index (κ3) is 6.59. The molecule has 10 nitrogen and oxygen atoms in total. The molecule has 8 rings (SSSR count). The van der Waals surface area contributed by atoms with E-state index in [1.165, 1.54) is 0 Å². The van der Waals surface area contributed by atoms with E-state index in [2.05, 4.69) is 15.0 Å². The molecule has 49 heavy (non-hydrogen) atoms. The number of carbonyl (C=O) groups is 2. The van der Waals surface area contributed by atoms with Gasteiger partial charge in [-0.15, -0.1) is 11.3 Å². The quantitative estimate of drug-likeness (QED) is 0.164. The summed E-state index contributed by atoms with van der Waals surface area (Å²) in [6, 6.07) is 12.1. The van der Waals surface area contributed by atoms with Gasteiger partial charge in [-0.05, 0) is 81.8 Å². The Morgan fingerprint density at radius 2 is 1.71 bits per heavy atom. The molecule has 1 saturated heterocycles. The minimum Gasteiger partial charge on any atom is -0.444 e. The summed E-state index contributed by atoms with van der Waals surface area (Å²) in [6.45, 7) is 8.19. The van der Waals surface area contributed by atoms with Crippen molar-refractivity contribution >= 4 is 61.7 Å². The van der Waals surface area contributed by atoms with E-state index in [-0.39, 0.29) is 17.9 Å². The van der Waals surface area contributed by atoms with Crippen molar-refractivity contribution < 1.29 is 19.1 Å². The Balaban J connectivity index is 1.08. The molecule has 0 atom stereocenters. The van der Waals surface area contributed by atoms with E-state index >= 15 is 0 Å². The zero-order chi connectivity index (χ0) is 33.9. The Labute approximate surface area is 293 Å². The number of hydrogen-bond acceptors (Lipinski definition) is 9. The number of piperidine rings is 1. The molecular weight excluding hydrogens is 660 g/mol. The Morgan fingerprint density at radius 1 is 0.959 bits per heavy atom. The lowest BCUT2D eigenvalue weighted by atomic mass is 9.98. The standard InChI is InChI=1S/C37H37ClN6O4S/c1-37(2,3)48-36(46)43-12-10-23(11-13-43)34-42-30-15-25(7-9-31(30)49-34)44(35(45)24-16-39-33(40-17-24)22-5-6-22)18-21-4-8-26-27-19-47-20-28(27)32(38)41-29(26)14-21/h4,7-9,14-17,22-23H,5-6,10-13,18-20H2,1-3H3. The van der Waals surface area contributed by atoms with Crippen LogP contribution in [0, 0.1) is 0 Å². The second kappa shape index (κ2) is 12.6. The van der Waals surface area contributed by atoms with Gasteiger partial charge in [0.1, 0.15) is 16.6 Å². The maximum absolute atomic E-state index is 14.2. The summed E-state index contributed by atoms with van der Waals surface area (Å²) < 4.78 is 12.3. The minimum absolute atomic E-state index is 0.194. The van der Waals surface area contributed by atoms with Crippen LogP contribution in [0.25, 0.3) is 21.1 Å². The predicted molar refractivity (Wildman–Crippen MR) is 189 cm³/mol. The van der Waals surface area contributed by atoms with E-state index in [0.717, 1.165) is 80.0 Å². The van der Waals surface area contributed by atoms with Crippen LogP contribution in [0.3, 0.4) is 0 Å². The largest absolute Gasteiger partial charge is 0.444 e. The van der Waals surface area contributed by atoms with Crippen LogP contribution in [0.2, 0.25) is 5.15 Å². The van der Waals surface area contributed by atoms with Gasteiger partial charge in [-0.1, -0.05) is 23.7 Å². The van der Waals surface area contributed by atoms with Crippen molar-refractivity contribution in [2.45, 2.75) is 83.6 Å². The highest BCUT2D eigenvalue weighted by Crippen LogP contribution is 2.39. The molecule has 5 aromatic rings. The number of thiazole rings is 1. The number of pyridine rings is 1. The van der Waals surface area contributed by atoms with Crippen molar-refractivity contribution in [1.82, 2.24) is 24.8 Å². The number of aromatic nitrogens is 4. The van der Waals surface area contributed by atoms with Crippen LogP contribution in [0.1, 0.15) is 96.2 Å². The Bertz CT molecular complexity index is 2080. The fourth-order valence-corrected chi connectivity index (χ4v) is 7.96. The van der Waals surface area contributed by atoms with Crippen molar-refractivity contribution in [1.29, 1.82) is 0 Å². The second-order valence-electron chi connectivity index (χ2n) is 14.1. The third-order valence-electron chi connectivity index (χ3n) is 9.35. The van der Waals surface area contributed by atoms with E-state index in [1.807, 2.05) is 57.2 Å². The maximum atomic E-state index is 14.2. The minimum atomic E-state index is -0.519. The van der Waals surface area contributed by atoms with Crippen LogP contribution in [0.15, 0.2) is 48.8 Å². The van der Waals surface area contributed by atoms with Gasteiger partial charge in [0.05, 0.1) is 46.1 Å². The summed E-state index contributed by atoms with van der Waals surface area (Å²) in [5.41, 5.74) is 5.18. The van der Waals surface area contributed by atoms with Crippen molar-refractivity contribution in [2.24, 2.45) is 0 Å². The van der Waals surface area contributed by atoms with Crippen LogP contribution in [-0.4, -0.2) is 55.5 Å². The molecule has 2 aliphatic heterocycles. The number of nitrogens with zero attached hydrogens (tertiary/aromatic N) is 6. The van der Waals surface area contributed by atoms with E-state index in [9.17, 15) is 9.59 Å². The van der Waals surface area contributed by atoms with Crippen molar-refractivity contribution in [3.8, 4) is 0 Å². The molecular formula is C37H37ClN6O4S. The number of likely N-dealkylation sites (tertiary alicyclic amines) is 1. The molecule has 0 radical (unpaired) electrons. The average molecular weight is 697 g/mol. The number of anilines is 1. The van der Waals surface area contributed by atoms with Gasteiger partial charge in [-0.3, -0.25) is 4.79 Å². The molecule has 2 aromatic carbocycles. The van der Waals surface area contributed by atoms with Gasteiger partial charge < -0.3 is 19.3 Å². The molecule has 3 aromatic heterocycles. The molecule has 1 aliphatic carbocycles. The fourth-order valence-electron chi connectivity index (χ4n) is 6.58. The number of carbonyl (C=O) groups excluding carboxylic acids is 2. The van der Waals surface area contributed by atoms with Crippen LogP contribution in [0.5, 0.6) is 0 Å². The Kier molecular flexibility index (Phi) is 8.24. The number of benzene rings is 2. The SMILES string of the molecule is CC(C)(C)OC(=O)N1CCC(c2nc3cc(N(Cc4ccc5c6c(c(Cl)nc5c4)COC6)C(=O)c4cnc(C5CC5)nc4)ccc3s2)CC1. The van der Waals surface area contributed by atoms with Crippen molar-refractivity contribution in [2.75, 3.05) is 18.0 Å². The lowest BCUT2D eigenvalue weighted by Gasteiger charge is -2.32. The summed E-state index contributed by atoms with van der Waals surface area (Å²) in [7, 11) is 0. The number of rotatable bonds is 6. The predicted octanol–water partition coefficient (Wildman–Crippen LogP) is 8.16. The lowest BCUT2D eigenvalue weighted by molar-refractivity contribution is 0.0204. The van der Waals surface area contributed by atoms with Crippen molar-refractivity contribution in [3.05, 3.63) is 87.0 Å². The van der Waals surface area contributed by atoms with E-state index in [4.69, 9.17) is 26.1 Å². The average Bonchev–Trinajstić information content (AvgIpc) is 3.65. The molecule has 12 heteroatoms. The van der Waals surface area contributed by atoms with Crippen molar-refractivity contribution in [3.63, 3.8) is 0 Å². The molecule has 3 aliphatic rings. The van der Waals surface area contributed by atoms with Crippen LogP contribution in [-0.2, 0) is 29.2 Å². The second-order valence-corrected chi connectivity index (χ2v) is 15.6. The summed E-state index contributed by atoms with van der Waals surface area (Å²) in [6.07, 6.45) is 6.85. The maximum Gasteiger partial charge on any atom is 0.410 e. The molecule has 5 heterocycles. The lowest BCUT2D eigenvalue weighted by Crippen LogP contribution is -2.41. The molecule has 0 spiro atoms. The molecule has 1 saturated carbocycles. The van der Waals surface area contributed by atoms with E-state index in [0.29, 0.717) is 49.5 Å². The van der Waals surface area contributed by atoms with Gasteiger partial charge in [0.15, 0.2) is 0 Å². The highest BCUT2D eigenvalue weighted by molar-refractivity contribution is 7.18. The first-order chi connectivity index (χ1) is 23.6. The number of amides is 2. The zero-order valence-electron chi connectivity index (χ0n) is 27.7. The van der Waals surface area contributed by atoms with E-state index in [1.54, 1.807) is 33.5 Å². The number of hydrogen-bond donors (Lipinski definition) is 0. The molecule has 0 unspecified atom stereocenters. The first-order valence-corrected chi connectivity index (χ1v) is 18.0. The first-order valence-electron chi connectivity index (χ1n) is 16.8. The molecule has 0 N–H and O–H groups in total. The summed E-state index contributed by atoms with van der Waals surface area (Å²) in [5.74, 6) is 1.25.